The Morgan fingerprint density at radius 1 is 1.23 bits per heavy atom. The molecule has 1 aromatic carbocycles. The largest absolute Gasteiger partial charge is 0.492 e. The molecule has 1 aromatic rings. The Hall–Kier alpha value is -1.80. The molecule has 144 valence electrons. The number of fused-ring (bicyclic) bond motifs is 1. The predicted molar refractivity (Wildman–Crippen MR) is 96.6 cm³/mol. The van der Waals surface area contributed by atoms with Crippen molar-refractivity contribution in [3.8, 4) is 5.75 Å². The molecule has 2 heterocycles. The van der Waals surface area contributed by atoms with Crippen LogP contribution in [0.1, 0.15) is 33.6 Å². The lowest BCUT2D eigenvalue weighted by Crippen LogP contribution is -2.51. The highest BCUT2D eigenvalue weighted by Crippen LogP contribution is 2.36. The number of rotatable bonds is 0. The van der Waals surface area contributed by atoms with E-state index in [2.05, 4.69) is 4.72 Å². The Morgan fingerprint density at radius 3 is 2.54 bits per heavy atom. The molecule has 0 unspecified atom stereocenters. The van der Waals surface area contributed by atoms with Crippen LogP contribution in [0.15, 0.2) is 29.2 Å². The summed E-state index contributed by atoms with van der Waals surface area (Å²) >= 11 is 0. The summed E-state index contributed by atoms with van der Waals surface area (Å²) in [5.74, 6) is 0.369. The lowest BCUT2D eigenvalue weighted by atomic mass is 9.79. The Balaban J connectivity index is 1.71. The molecular formula is C18H26N2O5S. The summed E-state index contributed by atoms with van der Waals surface area (Å²) in [4.78, 5) is 14.1. The first kappa shape index (κ1) is 19.0. The number of likely N-dealkylation sites (tertiary alicyclic amines) is 1. The Labute approximate surface area is 154 Å². The van der Waals surface area contributed by atoms with Gasteiger partial charge >= 0.3 is 6.09 Å². The highest BCUT2D eigenvalue weighted by Gasteiger charge is 2.40. The molecule has 2 aliphatic heterocycles. The second-order valence-electron chi connectivity index (χ2n) is 8.03. The lowest BCUT2D eigenvalue weighted by molar-refractivity contribution is 0.00287. The summed E-state index contributed by atoms with van der Waals surface area (Å²) in [6.07, 6.45) is 0.971. The number of nitrogens with zero attached hydrogens (tertiary/aromatic N) is 1. The fraction of sp³-hybridized carbons (Fsp3) is 0.611. The molecule has 0 saturated carbocycles. The SMILES string of the molecule is CC(C)(C)OC(=O)N1CCC2(CC1)CNS(=O)(=O)c1ccccc1OC2. The van der Waals surface area contributed by atoms with E-state index in [0.717, 1.165) is 0 Å². The highest BCUT2D eigenvalue weighted by atomic mass is 32.2. The smallest absolute Gasteiger partial charge is 0.410 e. The third-order valence-electron chi connectivity index (χ3n) is 4.79. The van der Waals surface area contributed by atoms with E-state index in [1.165, 1.54) is 0 Å². The molecule has 0 bridgehead atoms. The summed E-state index contributed by atoms with van der Waals surface area (Å²) in [6, 6.07) is 6.65. The molecule has 0 aromatic heterocycles. The maximum atomic E-state index is 12.5. The van der Waals surface area contributed by atoms with Gasteiger partial charge in [0.1, 0.15) is 16.2 Å². The van der Waals surface area contributed by atoms with E-state index in [9.17, 15) is 13.2 Å². The molecule has 1 fully saturated rings. The number of carbonyl (C=O) groups excluding carboxylic acids is 1. The van der Waals surface area contributed by atoms with Crippen LogP contribution >= 0.6 is 0 Å². The van der Waals surface area contributed by atoms with E-state index in [-0.39, 0.29) is 16.4 Å². The molecule has 1 N–H and O–H groups in total. The van der Waals surface area contributed by atoms with Crippen LogP contribution in [0.25, 0.3) is 0 Å². The number of amides is 1. The van der Waals surface area contributed by atoms with Gasteiger partial charge in [0, 0.05) is 25.0 Å². The predicted octanol–water partition coefficient (Wildman–Crippen LogP) is 2.37. The number of carbonyl (C=O) groups is 1. The minimum atomic E-state index is -3.61. The van der Waals surface area contributed by atoms with Gasteiger partial charge in [-0.3, -0.25) is 0 Å². The standard InChI is InChI=1S/C18H26N2O5S/c1-17(2,3)25-16(21)20-10-8-18(9-11-20)12-19-26(22,23)15-7-5-4-6-14(15)24-13-18/h4-7,19H,8-13H2,1-3H3. The number of hydrogen-bond donors (Lipinski definition) is 1. The molecule has 1 saturated heterocycles. The van der Waals surface area contributed by atoms with Gasteiger partial charge in [0.25, 0.3) is 0 Å². The van der Waals surface area contributed by atoms with Gasteiger partial charge in [-0.1, -0.05) is 12.1 Å². The van der Waals surface area contributed by atoms with Crippen LogP contribution in [0, 0.1) is 5.41 Å². The summed E-state index contributed by atoms with van der Waals surface area (Å²) in [7, 11) is -3.61. The molecule has 1 amide bonds. The van der Waals surface area contributed by atoms with Gasteiger partial charge in [0.2, 0.25) is 10.0 Å². The fourth-order valence-corrected chi connectivity index (χ4v) is 4.51. The zero-order chi connectivity index (χ0) is 19.0. The van der Waals surface area contributed by atoms with Crippen molar-refractivity contribution >= 4 is 16.1 Å². The van der Waals surface area contributed by atoms with E-state index < -0.39 is 15.6 Å². The number of sulfonamides is 1. The second-order valence-corrected chi connectivity index (χ2v) is 9.76. The first-order valence-electron chi connectivity index (χ1n) is 8.80. The number of ether oxygens (including phenoxy) is 2. The molecule has 0 aliphatic carbocycles. The molecule has 0 radical (unpaired) electrons. The van der Waals surface area contributed by atoms with E-state index >= 15 is 0 Å². The van der Waals surface area contributed by atoms with Gasteiger partial charge in [-0.05, 0) is 45.7 Å². The molecule has 1 spiro atoms. The van der Waals surface area contributed by atoms with Gasteiger partial charge in [-0.25, -0.2) is 17.9 Å². The number of benzene rings is 1. The van der Waals surface area contributed by atoms with Gasteiger partial charge < -0.3 is 14.4 Å². The van der Waals surface area contributed by atoms with Crippen LogP contribution < -0.4 is 9.46 Å². The van der Waals surface area contributed by atoms with Gasteiger partial charge in [-0.2, -0.15) is 0 Å². The first-order chi connectivity index (χ1) is 12.1. The van der Waals surface area contributed by atoms with Crippen molar-refractivity contribution in [3.05, 3.63) is 24.3 Å². The van der Waals surface area contributed by atoms with Crippen molar-refractivity contribution in [1.29, 1.82) is 0 Å². The zero-order valence-corrected chi connectivity index (χ0v) is 16.3. The van der Waals surface area contributed by atoms with E-state index in [4.69, 9.17) is 9.47 Å². The quantitative estimate of drug-likeness (QED) is 0.745. The van der Waals surface area contributed by atoms with Gasteiger partial charge in [0.15, 0.2) is 0 Å². The number of para-hydroxylation sites is 1. The molecule has 7 nitrogen and oxygen atoms in total. The average molecular weight is 382 g/mol. The van der Waals surface area contributed by atoms with E-state index in [0.29, 0.717) is 44.8 Å². The third-order valence-corrected chi connectivity index (χ3v) is 6.23. The monoisotopic (exact) mass is 382 g/mol. The summed E-state index contributed by atoms with van der Waals surface area (Å²) < 4.78 is 39.1. The lowest BCUT2D eigenvalue weighted by Gasteiger charge is -2.42. The second kappa shape index (κ2) is 6.74. The van der Waals surface area contributed by atoms with Crippen LogP contribution in [-0.2, 0) is 14.8 Å². The van der Waals surface area contributed by atoms with Gasteiger partial charge in [0.05, 0.1) is 6.61 Å². The van der Waals surface area contributed by atoms with Crippen molar-refractivity contribution < 1.29 is 22.7 Å². The van der Waals surface area contributed by atoms with Crippen molar-refractivity contribution in [2.45, 2.75) is 44.1 Å². The van der Waals surface area contributed by atoms with Crippen molar-refractivity contribution in [1.82, 2.24) is 9.62 Å². The summed E-state index contributed by atoms with van der Waals surface area (Å²) in [5, 5.41) is 0. The van der Waals surface area contributed by atoms with E-state index in [1.807, 2.05) is 20.8 Å². The minimum Gasteiger partial charge on any atom is -0.492 e. The van der Waals surface area contributed by atoms with Crippen LogP contribution in [0.3, 0.4) is 0 Å². The normalized spacial score (nSPS) is 21.9. The van der Waals surface area contributed by atoms with E-state index in [1.54, 1.807) is 29.2 Å². The molecular weight excluding hydrogens is 356 g/mol. The van der Waals surface area contributed by atoms with Gasteiger partial charge in [-0.15, -0.1) is 0 Å². The number of nitrogens with one attached hydrogen (secondary N) is 1. The Morgan fingerprint density at radius 2 is 1.88 bits per heavy atom. The van der Waals surface area contributed by atoms with Crippen LogP contribution in [0.4, 0.5) is 4.79 Å². The molecule has 3 rings (SSSR count). The molecule has 2 aliphatic rings. The Bertz CT molecular complexity index is 777. The maximum Gasteiger partial charge on any atom is 0.410 e. The first-order valence-corrected chi connectivity index (χ1v) is 10.3. The van der Waals surface area contributed by atoms with Crippen LogP contribution in [0.2, 0.25) is 0 Å². The average Bonchev–Trinajstić information content (AvgIpc) is 2.57. The summed E-state index contributed by atoms with van der Waals surface area (Å²) in [5.41, 5.74) is -0.867. The van der Waals surface area contributed by atoms with Crippen LogP contribution in [-0.4, -0.2) is 51.3 Å². The molecule has 26 heavy (non-hydrogen) atoms. The number of piperidine rings is 1. The van der Waals surface area contributed by atoms with Crippen molar-refractivity contribution in [3.63, 3.8) is 0 Å². The third kappa shape index (κ3) is 4.12. The highest BCUT2D eigenvalue weighted by molar-refractivity contribution is 7.89. The zero-order valence-electron chi connectivity index (χ0n) is 15.4. The topological polar surface area (TPSA) is 84.9 Å². The summed E-state index contributed by atoms with van der Waals surface area (Å²) in [6.45, 7) is 7.26. The number of hydrogen-bond acceptors (Lipinski definition) is 5. The molecule has 8 heteroatoms. The molecule has 0 atom stereocenters. The maximum absolute atomic E-state index is 12.5. The fourth-order valence-electron chi connectivity index (χ4n) is 3.21. The van der Waals surface area contributed by atoms with Crippen LogP contribution in [0.5, 0.6) is 5.75 Å². The Kier molecular flexibility index (Phi) is 4.92. The van der Waals surface area contributed by atoms with Crippen molar-refractivity contribution in [2.24, 2.45) is 5.41 Å². The minimum absolute atomic E-state index is 0.168. The van der Waals surface area contributed by atoms with Crippen molar-refractivity contribution in [2.75, 3.05) is 26.2 Å².